The van der Waals surface area contributed by atoms with E-state index in [4.69, 9.17) is 10.8 Å². The molecule has 0 saturated heterocycles. The zero-order valence-electron chi connectivity index (χ0n) is 5.36. The minimum atomic E-state index is -0.190. The van der Waals surface area contributed by atoms with Gasteiger partial charge in [0.1, 0.15) is 0 Å². The molecule has 0 saturated carbocycles. The average Bonchev–Trinajstić information content (AvgIpc) is 2.37. The lowest BCUT2D eigenvalue weighted by Gasteiger charge is -2.01. The molecule has 2 nitrogen and oxygen atoms in total. The minimum Gasteiger partial charge on any atom is -0.394 e. The third-order valence-corrected chi connectivity index (χ3v) is 2.11. The van der Waals surface area contributed by atoms with Gasteiger partial charge in [0.05, 0.1) is 12.6 Å². The van der Waals surface area contributed by atoms with Gasteiger partial charge in [-0.1, -0.05) is 6.07 Å². The van der Waals surface area contributed by atoms with Crippen molar-refractivity contribution in [3.8, 4) is 0 Å². The molecule has 4 heteroatoms. The highest BCUT2D eigenvalue weighted by atomic mass is 35.5. The summed E-state index contributed by atoms with van der Waals surface area (Å²) < 4.78 is 0. The van der Waals surface area contributed by atoms with E-state index in [9.17, 15) is 0 Å². The summed E-state index contributed by atoms with van der Waals surface area (Å²) in [5.41, 5.74) is 5.50. The van der Waals surface area contributed by atoms with Gasteiger partial charge in [0.15, 0.2) is 0 Å². The Labute approximate surface area is 70.1 Å². The van der Waals surface area contributed by atoms with Crippen LogP contribution in [-0.2, 0) is 0 Å². The van der Waals surface area contributed by atoms with Crippen molar-refractivity contribution in [2.75, 3.05) is 6.61 Å². The number of thiophene rings is 1. The minimum absolute atomic E-state index is 0. The maximum Gasteiger partial charge on any atom is 0.0632 e. The molecule has 0 aromatic carbocycles. The number of hydrogen-bond acceptors (Lipinski definition) is 3. The Kier molecular flexibility index (Phi) is 4.64. The molecule has 3 N–H and O–H groups in total. The molecule has 0 fully saturated rings. The normalized spacial score (nSPS) is 12.2. The van der Waals surface area contributed by atoms with Crippen LogP contribution in [0.25, 0.3) is 0 Å². The fourth-order valence-corrected chi connectivity index (χ4v) is 1.31. The molecule has 1 aromatic rings. The second-order valence-corrected chi connectivity index (χ2v) is 2.78. The van der Waals surface area contributed by atoms with Gasteiger partial charge in [-0.2, -0.15) is 0 Å². The Bertz CT molecular complexity index is 166. The zero-order valence-corrected chi connectivity index (χ0v) is 6.99. The van der Waals surface area contributed by atoms with Crippen molar-refractivity contribution in [3.63, 3.8) is 0 Å². The lowest BCUT2D eigenvalue weighted by atomic mass is 10.3. The standard InChI is InChI=1S/C6H9NOS.ClH/c7-5(4-8)6-2-1-3-9-6;/h1-3,5,8H,4,7H2;1H. The highest BCUT2D eigenvalue weighted by Gasteiger charge is 2.02. The van der Waals surface area contributed by atoms with Crippen molar-refractivity contribution in [2.45, 2.75) is 6.04 Å². The van der Waals surface area contributed by atoms with Gasteiger partial charge in [-0.05, 0) is 11.4 Å². The number of rotatable bonds is 2. The maximum atomic E-state index is 8.59. The van der Waals surface area contributed by atoms with Crippen LogP contribution in [0.1, 0.15) is 10.9 Å². The van der Waals surface area contributed by atoms with Crippen LogP contribution < -0.4 is 5.73 Å². The molecule has 1 aromatic heterocycles. The van der Waals surface area contributed by atoms with Gasteiger partial charge in [-0.15, -0.1) is 23.7 Å². The molecule has 0 aliphatic heterocycles. The van der Waals surface area contributed by atoms with Crippen LogP contribution in [0.3, 0.4) is 0 Å². The molecule has 0 aliphatic rings. The van der Waals surface area contributed by atoms with E-state index in [-0.39, 0.29) is 25.1 Å². The Hall–Kier alpha value is -0.0900. The van der Waals surface area contributed by atoms with E-state index in [0.29, 0.717) is 0 Å². The molecule has 1 heterocycles. The Morgan fingerprint density at radius 2 is 2.40 bits per heavy atom. The van der Waals surface area contributed by atoms with Crippen molar-refractivity contribution in [1.29, 1.82) is 0 Å². The van der Waals surface area contributed by atoms with Crippen LogP contribution in [-0.4, -0.2) is 11.7 Å². The van der Waals surface area contributed by atoms with E-state index in [1.54, 1.807) is 11.3 Å². The van der Waals surface area contributed by atoms with Gasteiger partial charge in [-0.25, -0.2) is 0 Å². The van der Waals surface area contributed by atoms with Crippen molar-refractivity contribution in [1.82, 2.24) is 0 Å². The average molecular weight is 180 g/mol. The lowest BCUT2D eigenvalue weighted by Crippen LogP contribution is -2.12. The van der Waals surface area contributed by atoms with Crippen molar-refractivity contribution < 1.29 is 5.11 Å². The predicted molar refractivity (Wildman–Crippen MR) is 45.6 cm³/mol. The van der Waals surface area contributed by atoms with Crippen molar-refractivity contribution in [3.05, 3.63) is 22.4 Å². The molecular weight excluding hydrogens is 170 g/mol. The summed E-state index contributed by atoms with van der Waals surface area (Å²) in [5, 5.41) is 10.5. The predicted octanol–water partition coefficient (Wildman–Crippen LogP) is 1.16. The second kappa shape index (κ2) is 4.68. The van der Waals surface area contributed by atoms with E-state index in [0.717, 1.165) is 4.88 Å². The topological polar surface area (TPSA) is 46.2 Å². The highest BCUT2D eigenvalue weighted by molar-refractivity contribution is 7.10. The summed E-state index contributed by atoms with van der Waals surface area (Å²) in [6, 6.07) is 3.66. The second-order valence-electron chi connectivity index (χ2n) is 1.80. The monoisotopic (exact) mass is 179 g/mol. The first kappa shape index (κ1) is 9.91. The quantitative estimate of drug-likeness (QED) is 0.716. The van der Waals surface area contributed by atoms with Crippen LogP contribution in [0.15, 0.2) is 17.5 Å². The molecule has 58 valence electrons. The first-order valence-electron chi connectivity index (χ1n) is 2.74. The fraction of sp³-hybridized carbons (Fsp3) is 0.333. The van der Waals surface area contributed by atoms with E-state index in [1.807, 2.05) is 17.5 Å². The number of halogens is 1. The summed E-state index contributed by atoms with van der Waals surface area (Å²) in [7, 11) is 0. The van der Waals surface area contributed by atoms with Crippen molar-refractivity contribution in [2.24, 2.45) is 5.73 Å². The molecule has 0 spiro atoms. The van der Waals surface area contributed by atoms with Crippen LogP contribution in [0.2, 0.25) is 0 Å². The lowest BCUT2D eigenvalue weighted by molar-refractivity contribution is 0.269. The van der Waals surface area contributed by atoms with Crippen LogP contribution in [0, 0.1) is 0 Å². The first-order chi connectivity index (χ1) is 4.34. The number of hydrogen-bond donors (Lipinski definition) is 2. The highest BCUT2D eigenvalue weighted by Crippen LogP contribution is 2.15. The Balaban J connectivity index is 0.000000810. The van der Waals surface area contributed by atoms with Gasteiger partial charge >= 0.3 is 0 Å². The number of aliphatic hydroxyl groups excluding tert-OH is 1. The molecule has 0 aliphatic carbocycles. The molecule has 1 rings (SSSR count). The van der Waals surface area contributed by atoms with Gasteiger partial charge in [0, 0.05) is 4.88 Å². The summed E-state index contributed by atoms with van der Waals surface area (Å²) in [5.74, 6) is 0. The van der Waals surface area contributed by atoms with Gasteiger partial charge in [-0.3, -0.25) is 0 Å². The third-order valence-electron chi connectivity index (χ3n) is 1.11. The smallest absolute Gasteiger partial charge is 0.0632 e. The van der Waals surface area contributed by atoms with Crippen molar-refractivity contribution >= 4 is 23.7 Å². The maximum absolute atomic E-state index is 8.59. The summed E-state index contributed by atoms with van der Waals surface area (Å²) in [6.45, 7) is 0.0283. The third kappa shape index (κ3) is 2.27. The first-order valence-corrected chi connectivity index (χ1v) is 3.62. The van der Waals surface area contributed by atoms with Crippen LogP contribution in [0.4, 0.5) is 0 Å². The summed E-state index contributed by atoms with van der Waals surface area (Å²) in [4.78, 5) is 1.04. The van der Waals surface area contributed by atoms with Gasteiger partial charge in [0.2, 0.25) is 0 Å². The summed E-state index contributed by atoms with van der Waals surface area (Å²) in [6.07, 6.45) is 0. The fourth-order valence-electron chi connectivity index (χ4n) is 0.592. The Morgan fingerprint density at radius 1 is 1.70 bits per heavy atom. The molecule has 0 bridgehead atoms. The molecule has 10 heavy (non-hydrogen) atoms. The Morgan fingerprint density at radius 3 is 2.80 bits per heavy atom. The number of aliphatic hydroxyl groups is 1. The van der Waals surface area contributed by atoms with Crippen LogP contribution >= 0.6 is 23.7 Å². The van der Waals surface area contributed by atoms with E-state index in [1.165, 1.54) is 0 Å². The molecule has 0 radical (unpaired) electrons. The molecule has 1 atom stereocenters. The van der Waals surface area contributed by atoms with E-state index in [2.05, 4.69) is 0 Å². The SMILES string of the molecule is Cl.NC(CO)c1cccs1. The van der Waals surface area contributed by atoms with E-state index < -0.39 is 0 Å². The summed E-state index contributed by atoms with van der Waals surface area (Å²) >= 11 is 1.57. The number of nitrogens with two attached hydrogens (primary N) is 1. The zero-order chi connectivity index (χ0) is 6.69. The largest absolute Gasteiger partial charge is 0.394 e. The van der Waals surface area contributed by atoms with Gasteiger partial charge < -0.3 is 10.8 Å². The molecule has 1 unspecified atom stereocenters. The van der Waals surface area contributed by atoms with Gasteiger partial charge in [0.25, 0.3) is 0 Å². The molecular formula is C6H10ClNOS. The van der Waals surface area contributed by atoms with Crippen LogP contribution in [0.5, 0.6) is 0 Å². The van der Waals surface area contributed by atoms with E-state index >= 15 is 0 Å². The molecule has 0 amide bonds.